The molecule has 0 saturated heterocycles. The van der Waals surface area contributed by atoms with Crippen molar-refractivity contribution in [1.29, 1.82) is 5.41 Å². The number of hydrogen-bond acceptors (Lipinski definition) is 3. The summed E-state index contributed by atoms with van der Waals surface area (Å²) in [7, 11) is 0. The largest absolute Gasteiger partial charge is 0.464 e. The van der Waals surface area contributed by atoms with Crippen LogP contribution in [0, 0.1) is 5.41 Å². The molecule has 1 unspecified atom stereocenters. The van der Waals surface area contributed by atoms with Gasteiger partial charge in [-0.2, -0.15) is 0 Å². The summed E-state index contributed by atoms with van der Waals surface area (Å²) in [6.45, 7) is 1.71. The van der Waals surface area contributed by atoms with Gasteiger partial charge in [0.05, 0.1) is 12.3 Å². The first kappa shape index (κ1) is 11.4. The van der Waals surface area contributed by atoms with Gasteiger partial charge >= 0.3 is 5.97 Å². The minimum Gasteiger partial charge on any atom is -0.464 e. The molecule has 1 rings (SSSR count). The number of rotatable bonds is 4. The fraction of sp³-hybridized carbons (Fsp3) is 0.273. The molecule has 0 bridgehead atoms. The predicted octanol–water partition coefficient (Wildman–Crippen LogP) is 1.96. The van der Waals surface area contributed by atoms with E-state index in [0.717, 1.165) is 0 Å². The Labute approximate surface area is 87.4 Å². The van der Waals surface area contributed by atoms with Crippen molar-refractivity contribution in [2.45, 2.75) is 13.1 Å². The predicted molar refractivity (Wildman–Crippen MR) is 54.8 cm³/mol. The molecule has 0 aliphatic carbocycles. The maximum absolute atomic E-state index is 13.4. The van der Waals surface area contributed by atoms with E-state index in [1.54, 1.807) is 37.3 Å². The highest BCUT2D eigenvalue weighted by atomic mass is 19.1. The minimum atomic E-state index is -2.01. The summed E-state index contributed by atoms with van der Waals surface area (Å²) < 4.78 is 17.9. The average Bonchev–Trinajstić information content (AvgIpc) is 2.28. The fourth-order valence-corrected chi connectivity index (χ4v) is 1.10. The topological polar surface area (TPSA) is 50.2 Å². The second-order valence-electron chi connectivity index (χ2n) is 2.89. The van der Waals surface area contributed by atoms with Crippen LogP contribution in [0.1, 0.15) is 12.5 Å². The minimum absolute atomic E-state index is 0.112. The van der Waals surface area contributed by atoms with E-state index in [1.807, 2.05) is 0 Å². The van der Waals surface area contributed by atoms with E-state index in [0.29, 0.717) is 5.56 Å². The van der Waals surface area contributed by atoms with Crippen LogP contribution in [-0.4, -0.2) is 24.5 Å². The first-order chi connectivity index (χ1) is 7.16. The van der Waals surface area contributed by atoms with Crippen LogP contribution >= 0.6 is 0 Å². The van der Waals surface area contributed by atoms with Gasteiger partial charge in [0.1, 0.15) is 0 Å². The number of hydrogen-bond donors (Lipinski definition) is 1. The van der Waals surface area contributed by atoms with Gasteiger partial charge in [0.25, 0.3) is 0 Å². The average molecular weight is 209 g/mol. The molecule has 0 saturated carbocycles. The van der Waals surface area contributed by atoms with Crippen LogP contribution in [0.4, 0.5) is 4.39 Å². The number of benzene rings is 1. The maximum atomic E-state index is 13.4. The van der Waals surface area contributed by atoms with Crippen LogP contribution < -0.4 is 0 Å². The molecule has 1 aromatic carbocycles. The van der Waals surface area contributed by atoms with E-state index in [9.17, 15) is 9.18 Å². The Kier molecular flexibility index (Phi) is 3.97. The molecular weight excluding hydrogens is 197 g/mol. The summed E-state index contributed by atoms with van der Waals surface area (Å²) in [5.74, 6) is -1.01. The van der Waals surface area contributed by atoms with Crippen molar-refractivity contribution in [1.82, 2.24) is 0 Å². The lowest BCUT2D eigenvalue weighted by atomic mass is 10.1. The number of nitrogens with one attached hydrogen (secondary N) is 1. The molecule has 1 atom stereocenters. The fourth-order valence-electron chi connectivity index (χ4n) is 1.10. The monoisotopic (exact) mass is 209 g/mol. The van der Waals surface area contributed by atoms with Crippen molar-refractivity contribution in [3.05, 3.63) is 35.9 Å². The molecule has 3 nitrogen and oxygen atoms in total. The summed E-state index contributed by atoms with van der Waals surface area (Å²) >= 11 is 0. The summed E-state index contributed by atoms with van der Waals surface area (Å²) in [6.07, 6.45) is -2.01. The van der Waals surface area contributed by atoms with Crippen molar-refractivity contribution >= 4 is 11.7 Å². The van der Waals surface area contributed by atoms with E-state index in [2.05, 4.69) is 4.74 Å². The Bertz CT molecular complexity index is 351. The van der Waals surface area contributed by atoms with E-state index in [1.165, 1.54) is 0 Å². The van der Waals surface area contributed by atoms with Crippen molar-refractivity contribution in [2.24, 2.45) is 0 Å². The third kappa shape index (κ3) is 2.87. The third-order valence-corrected chi connectivity index (χ3v) is 1.83. The molecule has 80 valence electrons. The lowest BCUT2D eigenvalue weighted by Crippen LogP contribution is -2.27. The summed E-state index contributed by atoms with van der Waals surface area (Å²) in [5, 5.41) is 7.47. The summed E-state index contributed by atoms with van der Waals surface area (Å²) in [6, 6.07) is 8.28. The number of halogens is 1. The van der Waals surface area contributed by atoms with Gasteiger partial charge in [0.15, 0.2) is 0 Å². The van der Waals surface area contributed by atoms with Gasteiger partial charge in [-0.25, -0.2) is 9.18 Å². The van der Waals surface area contributed by atoms with Crippen LogP contribution in [-0.2, 0) is 9.53 Å². The molecule has 4 heteroatoms. The van der Waals surface area contributed by atoms with Gasteiger partial charge in [-0.1, -0.05) is 30.3 Å². The standard InChI is InChI=1S/C11H12FNO2/c1-2-15-11(14)9(12)10(13)8-6-4-3-5-7-8/h3-7,9,13H,2H2,1H3. The molecule has 0 radical (unpaired) electrons. The zero-order chi connectivity index (χ0) is 11.3. The molecule has 0 aromatic heterocycles. The highest BCUT2D eigenvalue weighted by Crippen LogP contribution is 2.07. The molecule has 0 spiro atoms. The van der Waals surface area contributed by atoms with Gasteiger partial charge in [0, 0.05) is 0 Å². The van der Waals surface area contributed by atoms with E-state index in [-0.39, 0.29) is 12.3 Å². The van der Waals surface area contributed by atoms with Crippen molar-refractivity contribution in [2.75, 3.05) is 6.61 Å². The molecule has 15 heavy (non-hydrogen) atoms. The first-order valence-corrected chi connectivity index (χ1v) is 4.61. The van der Waals surface area contributed by atoms with Gasteiger partial charge in [-0.3, -0.25) is 0 Å². The van der Waals surface area contributed by atoms with E-state index < -0.39 is 12.1 Å². The van der Waals surface area contributed by atoms with Crippen LogP contribution in [0.5, 0.6) is 0 Å². The number of ether oxygens (including phenoxy) is 1. The lowest BCUT2D eigenvalue weighted by molar-refractivity contribution is -0.146. The van der Waals surface area contributed by atoms with Crippen molar-refractivity contribution < 1.29 is 13.9 Å². The van der Waals surface area contributed by atoms with Gasteiger partial charge in [0.2, 0.25) is 6.17 Å². The van der Waals surface area contributed by atoms with Crippen LogP contribution in [0.3, 0.4) is 0 Å². The van der Waals surface area contributed by atoms with E-state index >= 15 is 0 Å². The SMILES string of the molecule is CCOC(=O)C(F)C(=N)c1ccccc1. The molecule has 1 aromatic rings. The number of alkyl halides is 1. The third-order valence-electron chi connectivity index (χ3n) is 1.83. The highest BCUT2D eigenvalue weighted by molar-refractivity contribution is 6.12. The highest BCUT2D eigenvalue weighted by Gasteiger charge is 2.24. The Morgan fingerprint density at radius 2 is 2.07 bits per heavy atom. The summed E-state index contributed by atoms with van der Waals surface area (Å²) in [4.78, 5) is 11.0. The van der Waals surface area contributed by atoms with Crippen LogP contribution in [0.2, 0.25) is 0 Å². The molecular formula is C11H12FNO2. The molecule has 1 N–H and O–H groups in total. The Hall–Kier alpha value is -1.71. The number of carbonyl (C=O) groups excluding carboxylic acids is 1. The molecule has 0 aliphatic heterocycles. The summed E-state index contributed by atoms with van der Waals surface area (Å²) in [5.41, 5.74) is 0.0205. The molecule has 0 aliphatic rings. The Morgan fingerprint density at radius 3 is 2.60 bits per heavy atom. The van der Waals surface area contributed by atoms with Crippen molar-refractivity contribution in [3.63, 3.8) is 0 Å². The number of esters is 1. The Balaban J connectivity index is 2.73. The van der Waals surface area contributed by atoms with Crippen molar-refractivity contribution in [3.8, 4) is 0 Å². The normalized spacial score (nSPS) is 11.9. The maximum Gasteiger partial charge on any atom is 0.347 e. The van der Waals surface area contributed by atoms with Crippen LogP contribution in [0.15, 0.2) is 30.3 Å². The molecule has 0 amide bonds. The van der Waals surface area contributed by atoms with E-state index in [4.69, 9.17) is 5.41 Å². The van der Waals surface area contributed by atoms with Gasteiger partial charge < -0.3 is 10.1 Å². The lowest BCUT2D eigenvalue weighted by Gasteiger charge is -2.08. The van der Waals surface area contributed by atoms with Crippen LogP contribution in [0.25, 0.3) is 0 Å². The molecule has 0 fully saturated rings. The number of carbonyl (C=O) groups is 1. The molecule has 0 heterocycles. The Morgan fingerprint density at radius 1 is 1.47 bits per heavy atom. The van der Waals surface area contributed by atoms with Gasteiger partial charge in [-0.15, -0.1) is 0 Å². The second-order valence-corrected chi connectivity index (χ2v) is 2.89. The van der Waals surface area contributed by atoms with Gasteiger partial charge in [-0.05, 0) is 12.5 Å². The zero-order valence-electron chi connectivity index (χ0n) is 8.37. The first-order valence-electron chi connectivity index (χ1n) is 4.61. The zero-order valence-corrected chi connectivity index (χ0v) is 8.37. The second kappa shape index (κ2) is 5.24. The smallest absolute Gasteiger partial charge is 0.347 e. The quantitative estimate of drug-likeness (QED) is 0.608.